The second-order valence-corrected chi connectivity index (χ2v) is 14.1. The van der Waals surface area contributed by atoms with Crippen molar-refractivity contribution in [1.29, 1.82) is 0 Å². The third-order valence-corrected chi connectivity index (χ3v) is 11.5. The van der Waals surface area contributed by atoms with Crippen LogP contribution in [-0.4, -0.2) is 77.4 Å². The predicted molar refractivity (Wildman–Crippen MR) is 169 cm³/mol. The molecule has 230 valence electrons. The molecule has 1 aromatic heterocycles. The second-order valence-electron chi connectivity index (χ2n) is 13.6. The van der Waals surface area contributed by atoms with Gasteiger partial charge in [0.2, 0.25) is 5.75 Å². The number of ether oxygens (including phenoxy) is 2. The number of nitrogens with zero attached hydrogens (tertiary/aromatic N) is 4. The number of nitrogens with one attached hydrogen (secondary N) is 1. The van der Waals surface area contributed by atoms with Crippen molar-refractivity contribution in [3.63, 3.8) is 0 Å². The lowest BCUT2D eigenvalue weighted by atomic mass is 9.95. The number of phenolic OH excluding ortho intramolecular Hbond substituents is 1. The third-order valence-electron chi connectivity index (χ3n) is 11.2. The fourth-order valence-electron chi connectivity index (χ4n) is 9.20. The van der Waals surface area contributed by atoms with E-state index in [2.05, 4.69) is 20.0 Å². The summed E-state index contributed by atoms with van der Waals surface area (Å²) < 4.78 is 12.9. The van der Waals surface area contributed by atoms with E-state index < -0.39 is 0 Å². The number of carbonyl (C=O) groups excluding carboxylic acids is 1. The summed E-state index contributed by atoms with van der Waals surface area (Å²) in [5, 5.41) is 16.9. The predicted octanol–water partition coefficient (Wildman–Crippen LogP) is 4.78. The van der Waals surface area contributed by atoms with Crippen LogP contribution in [0.15, 0.2) is 30.3 Å². The Kier molecular flexibility index (Phi) is 6.23. The van der Waals surface area contributed by atoms with Crippen LogP contribution < -0.4 is 24.6 Å². The summed E-state index contributed by atoms with van der Waals surface area (Å²) in [6, 6.07) is 10.1. The van der Waals surface area contributed by atoms with Gasteiger partial charge in [-0.3, -0.25) is 9.69 Å². The number of hydrogen-bond acceptors (Lipinski definition) is 9. The van der Waals surface area contributed by atoms with Crippen molar-refractivity contribution in [2.24, 2.45) is 0 Å². The van der Waals surface area contributed by atoms with Crippen LogP contribution in [0.5, 0.6) is 17.4 Å². The van der Waals surface area contributed by atoms with Crippen LogP contribution in [0.1, 0.15) is 56.2 Å². The first kappa shape index (κ1) is 27.1. The van der Waals surface area contributed by atoms with Gasteiger partial charge in [0, 0.05) is 42.2 Å². The molecule has 2 N–H and O–H groups in total. The van der Waals surface area contributed by atoms with Crippen molar-refractivity contribution in [1.82, 2.24) is 15.2 Å². The minimum absolute atomic E-state index is 0.0408. The van der Waals surface area contributed by atoms with Crippen molar-refractivity contribution >= 4 is 39.7 Å². The van der Waals surface area contributed by atoms with E-state index in [9.17, 15) is 9.90 Å². The topological polar surface area (TPSA) is 90.4 Å². The summed E-state index contributed by atoms with van der Waals surface area (Å²) >= 11 is 6.73. The van der Waals surface area contributed by atoms with Gasteiger partial charge >= 0.3 is 5.97 Å². The number of phenols is 1. The number of aromatic hydroxyl groups is 1. The van der Waals surface area contributed by atoms with Crippen LogP contribution in [0.4, 0.5) is 11.4 Å². The highest BCUT2D eigenvalue weighted by Crippen LogP contribution is 2.49. The summed E-state index contributed by atoms with van der Waals surface area (Å²) in [6.45, 7) is 4.90. The summed E-state index contributed by atoms with van der Waals surface area (Å²) in [5.74, 6) is 0.947. The average Bonchev–Trinajstić information content (AvgIpc) is 3.68. The highest BCUT2D eigenvalue weighted by Gasteiger charge is 2.48. The van der Waals surface area contributed by atoms with Crippen molar-refractivity contribution in [3.8, 4) is 17.4 Å². The van der Waals surface area contributed by atoms with Gasteiger partial charge in [-0.15, -0.1) is 0 Å². The molecule has 0 radical (unpaired) electrons. The van der Waals surface area contributed by atoms with Crippen molar-refractivity contribution < 1.29 is 19.4 Å². The number of pyridine rings is 1. The minimum atomic E-state index is -0.211. The van der Waals surface area contributed by atoms with Gasteiger partial charge in [0.15, 0.2) is 0 Å². The maximum Gasteiger partial charge on any atom is 0.313 e. The summed E-state index contributed by atoms with van der Waals surface area (Å²) in [4.78, 5) is 25.8. The minimum Gasteiger partial charge on any atom is -0.508 e. The molecule has 9 rings (SSSR count). The van der Waals surface area contributed by atoms with E-state index in [0.717, 1.165) is 91.7 Å². The van der Waals surface area contributed by atoms with E-state index in [1.165, 1.54) is 12.8 Å². The molecule has 0 aliphatic carbocycles. The van der Waals surface area contributed by atoms with Gasteiger partial charge < -0.3 is 29.7 Å². The third kappa shape index (κ3) is 4.19. The Balaban J connectivity index is 1.16. The van der Waals surface area contributed by atoms with Crippen molar-refractivity contribution in [2.45, 2.75) is 81.6 Å². The van der Waals surface area contributed by atoms with Crippen molar-refractivity contribution in [2.75, 3.05) is 42.6 Å². The molecule has 44 heavy (non-hydrogen) atoms. The number of carbonyl (C=O) groups is 1. The Hall–Kier alpha value is -3.27. The molecule has 6 aliphatic heterocycles. The number of rotatable bonds is 4. The summed E-state index contributed by atoms with van der Waals surface area (Å²) in [7, 11) is 0. The second kappa shape index (κ2) is 10.1. The molecule has 4 fully saturated rings. The Morgan fingerprint density at radius 1 is 1.16 bits per heavy atom. The summed E-state index contributed by atoms with van der Waals surface area (Å²) in [6.07, 6.45) is 7.91. The quantitative estimate of drug-likeness (QED) is 0.402. The lowest BCUT2D eigenvalue weighted by Gasteiger charge is -2.43. The first-order valence-corrected chi connectivity index (χ1v) is 16.7. The van der Waals surface area contributed by atoms with E-state index in [-0.39, 0.29) is 29.3 Å². The molecule has 9 nitrogen and oxygen atoms in total. The first-order chi connectivity index (χ1) is 21.5. The summed E-state index contributed by atoms with van der Waals surface area (Å²) in [5.41, 5.74) is 4.01. The number of halogens is 1. The van der Waals surface area contributed by atoms with Gasteiger partial charge in [-0.25, -0.2) is 4.98 Å². The highest BCUT2D eigenvalue weighted by molar-refractivity contribution is 6.36. The Labute approximate surface area is 262 Å². The normalized spacial score (nSPS) is 27.0. The van der Waals surface area contributed by atoms with Gasteiger partial charge in [-0.05, 0) is 75.6 Å². The average molecular weight is 616 g/mol. The zero-order valence-corrected chi connectivity index (χ0v) is 25.6. The standard InChI is InChI=1S/C34H38ClN5O4/c35-24-5-1-4-20-14-22(41)15-28(30(20)24)38-13-8-23-26(18-38)37-33(43-19-34-9-2-11-39(34)12-3-10-34)32-31(23)40-17-21-6-7-25(36-21)27(40)16-29(42)44-32/h1,4-5,14-15,21,25,27,36,41H,2-3,6-13,16-19H2. The highest BCUT2D eigenvalue weighted by atomic mass is 35.5. The number of piperazine rings is 1. The van der Waals surface area contributed by atoms with E-state index in [4.69, 9.17) is 26.1 Å². The number of anilines is 2. The SMILES string of the molecule is O=C1CC2C3CCC(CN2c2c4c(nc(OCC56CCCN5CCC6)c2O1)CN(c1cc(O)cc2cccc(Cl)c12)CC4)N3. The molecule has 0 amide bonds. The van der Waals surface area contributed by atoms with Crippen LogP contribution in [0.3, 0.4) is 0 Å². The fraction of sp³-hybridized carbons (Fsp3) is 0.529. The zero-order valence-electron chi connectivity index (χ0n) is 24.9. The van der Waals surface area contributed by atoms with Crippen LogP contribution in [0, 0.1) is 0 Å². The molecule has 10 heteroatoms. The van der Waals surface area contributed by atoms with Gasteiger partial charge in [0.05, 0.1) is 46.6 Å². The number of benzene rings is 2. The molecule has 0 saturated carbocycles. The zero-order chi connectivity index (χ0) is 29.6. The van der Waals surface area contributed by atoms with Gasteiger partial charge in [0.25, 0.3) is 5.88 Å². The fourth-order valence-corrected chi connectivity index (χ4v) is 9.47. The Bertz CT molecular complexity index is 1670. The molecule has 4 saturated heterocycles. The van der Waals surface area contributed by atoms with Gasteiger partial charge in [-0.2, -0.15) is 0 Å². The number of esters is 1. The molecule has 3 aromatic rings. The van der Waals surface area contributed by atoms with Gasteiger partial charge in [0.1, 0.15) is 12.4 Å². The monoisotopic (exact) mass is 615 g/mol. The van der Waals surface area contributed by atoms with Crippen molar-refractivity contribution in [3.05, 3.63) is 46.6 Å². The van der Waals surface area contributed by atoms with E-state index in [0.29, 0.717) is 42.3 Å². The maximum atomic E-state index is 13.4. The molecule has 7 heterocycles. The molecule has 0 spiro atoms. The lowest BCUT2D eigenvalue weighted by molar-refractivity contribution is -0.134. The van der Waals surface area contributed by atoms with Crippen LogP contribution in [-0.2, 0) is 17.8 Å². The van der Waals surface area contributed by atoms with Crippen LogP contribution in [0.2, 0.25) is 5.02 Å². The molecular weight excluding hydrogens is 578 g/mol. The lowest BCUT2D eigenvalue weighted by Crippen LogP contribution is -2.58. The first-order valence-electron chi connectivity index (χ1n) is 16.3. The molecule has 3 atom stereocenters. The largest absolute Gasteiger partial charge is 0.508 e. The number of fused-ring (bicyclic) bond motifs is 10. The van der Waals surface area contributed by atoms with E-state index >= 15 is 0 Å². The van der Waals surface area contributed by atoms with Gasteiger partial charge in [-0.1, -0.05) is 23.7 Å². The molecule has 3 unspecified atom stereocenters. The molecule has 2 bridgehead atoms. The molecule has 2 aromatic carbocycles. The Morgan fingerprint density at radius 2 is 2.02 bits per heavy atom. The van der Waals surface area contributed by atoms with Crippen LogP contribution in [0.25, 0.3) is 10.8 Å². The van der Waals surface area contributed by atoms with E-state index in [1.807, 2.05) is 18.2 Å². The smallest absolute Gasteiger partial charge is 0.313 e. The molecule has 6 aliphatic rings. The van der Waals surface area contributed by atoms with Crippen LogP contribution >= 0.6 is 11.6 Å². The van der Waals surface area contributed by atoms with E-state index in [1.54, 1.807) is 12.1 Å². The maximum absolute atomic E-state index is 13.4. The number of aromatic nitrogens is 1. The number of hydrogen-bond donors (Lipinski definition) is 2. The Morgan fingerprint density at radius 3 is 2.89 bits per heavy atom. The molecular formula is C34H38ClN5O4.